The quantitative estimate of drug-likeness (QED) is 0.519. The Hall–Kier alpha value is 0.540. The lowest BCUT2D eigenvalue weighted by Crippen LogP contribution is -2.46. The van der Waals surface area contributed by atoms with Crippen LogP contribution in [0.1, 0.15) is 20.8 Å². The molecule has 4 nitrogen and oxygen atoms in total. The Kier molecular flexibility index (Phi) is 10.8. The Morgan fingerprint density at radius 1 is 1.06 bits per heavy atom. The summed E-state index contributed by atoms with van der Waals surface area (Å²) in [5.74, 6) is 1.78. The Morgan fingerprint density at radius 3 is 1.94 bits per heavy atom. The van der Waals surface area contributed by atoms with Gasteiger partial charge in [0.25, 0.3) is 0 Å². The molecule has 0 unspecified atom stereocenters. The number of ether oxygens (including phenoxy) is 1. The van der Waals surface area contributed by atoms with Gasteiger partial charge < -0.3 is 20.1 Å². The second kappa shape index (κ2) is 10.5. The molecule has 0 amide bonds. The van der Waals surface area contributed by atoms with Gasteiger partial charge in [0.2, 0.25) is 0 Å². The van der Waals surface area contributed by atoms with Gasteiger partial charge in [-0.3, -0.25) is 0 Å². The number of aliphatic hydroxyl groups excluding tert-OH is 3. The summed E-state index contributed by atoms with van der Waals surface area (Å²) in [6.45, 7) is 5.86. The van der Waals surface area contributed by atoms with E-state index < -0.39 is 24.9 Å². The molecule has 104 valence electrons. The summed E-state index contributed by atoms with van der Waals surface area (Å²) in [6.07, 6.45) is -2.55. The van der Waals surface area contributed by atoms with Crippen LogP contribution in [0.3, 0.4) is 0 Å². The number of aliphatic hydroxyl groups is 3. The van der Waals surface area contributed by atoms with Crippen LogP contribution in [0.4, 0.5) is 0 Å². The smallest absolute Gasteiger partial charge is 0.113 e. The molecular weight excluding hydrogens is 260 g/mol. The van der Waals surface area contributed by atoms with Crippen molar-refractivity contribution in [2.75, 3.05) is 24.7 Å². The summed E-state index contributed by atoms with van der Waals surface area (Å²) in [7, 11) is 0. The average Bonchev–Trinajstić information content (AvgIpc) is 2.34. The third-order valence-corrected chi connectivity index (χ3v) is 4.90. The molecule has 0 spiro atoms. The highest BCUT2D eigenvalue weighted by atomic mass is 32.2. The van der Waals surface area contributed by atoms with E-state index in [-0.39, 0.29) is 4.58 Å². The van der Waals surface area contributed by atoms with Crippen molar-refractivity contribution >= 4 is 23.5 Å². The van der Waals surface area contributed by atoms with Gasteiger partial charge in [-0.2, -0.15) is 0 Å². The lowest BCUT2D eigenvalue weighted by Gasteiger charge is -2.31. The van der Waals surface area contributed by atoms with E-state index in [0.29, 0.717) is 6.61 Å². The van der Waals surface area contributed by atoms with E-state index in [1.54, 1.807) is 30.4 Å². The molecule has 0 heterocycles. The van der Waals surface area contributed by atoms with E-state index in [2.05, 4.69) is 0 Å². The van der Waals surface area contributed by atoms with Crippen molar-refractivity contribution in [2.24, 2.45) is 0 Å². The normalized spacial score (nSPS) is 17.1. The lowest BCUT2D eigenvalue weighted by molar-refractivity contribution is -0.104. The fourth-order valence-corrected chi connectivity index (χ4v) is 4.02. The van der Waals surface area contributed by atoms with Crippen molar-refractivity contribution in [1.29, 1.82) is 0 Å². The maximum Gasteiger partial charge on any atom is 0.113 e. The molecule has 0 radical (unpaired) electrons. The lowest BCUT2D eigenvalue weighted by atomic mass is 10.1. The summed E-state index contributed by atoms with van der Waals surface area (Å²) < 4.78 is 5.30. The van der Waals surface area contributed by atoms with Crippen LogP contribution in [0.5, 0.6) is 0 Å². The zero-order valence-corrected chi connectivity index (χ0v) is 12.3. The van der Waals surface area contributed by atoms with Crippen LogP contribution in [0.15, 0.2) is 0 Å². The molecule has 0 aliphatic carbocycles. The summed E-state index contributed by atoms with van der Waals surface area (Å²) in [5, 5.41) is 28.8. The molecule has 0 aromatic heterocycles. The molecule has 0 saturated heterocycles. The minimum Gasteiger partial charge on any atom is -0.394 e. The Bertz CT molecular complexity index is 177. The van der Waals surface area contributed by atoms with Gasteiger partial charge in [0.1, 0.15) is 18.3 Å². The van der Waals surface area contributed by atoms with Crippen molar-refractivity contribution in [3.63, 3.8) is 0 Å². The van der Waals surface area contributed by atoms with Gasteiger partial charge in [-0.25, -0.2) is 0 Å². The van der Waals surface area contributed by atoms with Crippen molar-refractivity contribution < 1.29 is 20.1 Å². The molecule has 6 heteroatoms. The molecule has 0 aromatic rings. The zero-order valence-electron chi connectivity index (χ0n) is 10.7. The van der Waals surface area contributed by atoms with Crippen LogP contribution in [0, 0.1) is 0 Å². The zero-order chi connectivity index (χ0) is 13.3. The summed E-state index contributed by atoms with van der Waals surface area (Å²) >= 11 is 3.26. The molecule has 0 saturated carbocycles. The third-order valence-electron chi connectivity index (χ3n) is 2.20. The standard InChI is InChI=1S/C11H24O4S2/c1-4-15-10(8(13)7-12)9(14)11(16-5-2)17-6-3/h8-14H,4-7H2,1-3H3/t8-,9-,10+/m1/s1. The van der Waals surface area contributed by atoms with E-state index in [4.69, 9.17) is 9.84 Å². The first kappa shape index (κ1) is 17.5. The predicted octanol–water partition coefficient (Wildman–Crippen LogP) is 0.938. The fourth-order valence-electron chi connectivity index (χ4n) is 1.46. The van der Waals surface area contributed by atoms with Crippen LogP contribution in [-0.4, -0.2) is 62.9 Å². The van der Waals surface area contributed by atoms with E-state index in [1.165, 1.54) is 0 Å². The highest BCUT2D eigenvalue weighted by Gasteiger charge is 2.33. The van der Waals surface area contributed by atoms with E-state index in [9.17, 15) is 10.2 Å². The van der Waals surface area contributed by atoms with E-state index in [0.717, 1.165) is 11.5 Å². The third kappa shape index (κ3) is 6.31. The number of hydrogen-bond donors (Lipinski definition) is 3. The number of hydrogen-bond acceptors (Lipinski definition) is 6. The molecule has 0 rings (SSSR count). The Labute approximate surface area is 112 Å². The van der Waals surface area contributed by atoms with Crippen LogP contribution < -0.4 is 0 Å². The Morgan fingerprint density at radius 2 is 1.59 bits per heavy atom. The van der Waals surface area contributed by atoms with Crippen LogP contribution >= 0.6 is 23.5 Å². The molecule has 0 bridgehead atoms. The van der Waals surface area contributed by atoms with Gasteiger partial charge in [-0.15, -0.1) is 23.5 Å². The summed E-state index contributed by atoms with van der Waals surface area (Å²) in [4.78, 5) is 0. The first-order valence-corrected chi connectivity index (χ1v) is 8.03. The van der Waals surface area contributed by atoms with Crippen molar-refractivity contribution in [1.82, 2.24) is 0 Å². The van der Waals surface area contributed by atoms with Crippen molar-refractivity contribution in [3.8, 4) is 0 Å². The maximum atomic E-state index is 10.2. The Balaban J connectivity index is 4.56. The second-order valence-electron chi connectivity index (χ2n) is 3.44. The van der Waals surface area contributed by atoms with Crippen LogP contribution in [0.2, 0.25) is 0 Å². The van der Waals surface area contributed by atoms with Gasteiger partial charge in [0.15, 0.2) is 0 Å². The monoisotopic (exact) mass is 284 g/mol. The summed E-state index contributed by atoms with van der Waals surface area (Å²) in [5.41, 5.74) is 0. The minimum atomic E-state index is -1.04. The molecular formula is C11H24O4S2. The molecule has 3 atom stereocenters. The predicted molar refractivity (Wildman–Crippen MR) is 74.6 cm³/mol. The topological polar surface area (TPSA) is 69.9 Å². The largest absolute Gasteiger partial charge is 0.394 e. The highest BCUT2D eigenvalue weighted by Crippen LogP contribution is 2.29. The average molecular weight is 284 g/mol. The SMILES string of the molecule is CCO[C@@H]([C@H](O)CO)[C@@H](O)C(SCC)SCC. The summed E-state index contributed by atoms with van der Waals surface area (Å²) in [6, 6.07) is 0. The minimum absolute atomic E-state index is 0.0391. The molecule has 17 heavy (non-hydrogen) atoms. The van der Waals surface area contributed by atoms with Crippen molar-refractivity contribution in [2.45, 2.75) is 43.7 Å². The molecule has 0 aliphatic heterocycles. The van der Waals surface area contributed by atoms with Crippen LogP contribution in [0.25, 0.3) is 0 Å². The van der Waals surface area contributed by atoms with Crippen molar-refractivity contribution in [3.05, 3.63) is 0 Å². The van der Waals surface area contributed by atoms with E-state index in [1.807, 2.05) is 13.8 Å². The fraction of sp³-hybridized carbons (Fsp3) is 1.00. The van der Waals surface area contributed by atoms with Gasteiger partial charge in [-0.05, 0) is 18.4 Å². The first-order chi connectivity index (χ1) is 8.12. The number of rotatable bonds is 10. The molecule has 0 fully saturated rings. The van der Waals surface area contributed by atoms with Gasteiger partial charge in [0.05, 0.1) is 11.2 Å². The van der Waals surface area contributed by atoms with E-state index >= 15 is 0 Å². The van der Waals surface area contributed by atoms with Gasteiger partial charge in [0, 0.05) is 6.61 Å². The molecule has 0 aliphatic rings. The highest BCUT2D eigenvalue weighted by molar-refractivity contribution is 8.17. The maximum absolute atomic E-state index is 10.2. The first-order valence-electron chi connectivity index (χ1n) is 5.94. The molecule has 3 N–H and O–H groups in total. The van der Waals surface area contributed by atoms with Gasteiger partial charge >= 0.3 is 0 Å². The molecule has 0 aromatic carbocycles. The number of thioether (sulfide) groups is 2. The second-order valence-corrected chi connectivity index (χ2v) is 6.58. The van der Waals surface area contributed by atoms with Crippen LogP contribution in [-0.2, 0) is 4.74 Å². The van der Waals surface area contributed by atoms with Gasteiger partial charge in [-0.1, -0.05) is 13.8 Å².